The van der Waals surface area contributed by atoms with E-state index in [1.807, 2.05) is 0 Å². The van der Waals surface area contributed by atoms with Gasteiger partial charge >= 0.3 is 12.0 Å². The third-order valence-corrected chi connectivity index (χ3v) is 3.71. The van der Waals surface area contributed by atoms with Crippen LogP contribution in [0.2, 0.25) is 0 Å². The van der Waals surface area contributed by atoms with Crippen molar-refractivity contribution in [2.24, 2.45) is 5.41 Å². The first-order chi connectivity index (χ1) is 9.12. The number of carboxylic acids is 1. The van der Waals surface area contributed by atoms with Gasteiger partial charge in [-0.1, -0.05) is 0 Å². The molecule has 0 spiro atoms. The van der Waals surface area contributed by atoms with Crippen molar-refractivity contribution in [3.05, 3.63) is 0 Å². The third kappa shape index (κ3) is 4.07. The number of carboxylic acid groups (broad SMARTS) is 1. The molecule has 108 valence electrons. The van der Waals surface area contributed by atoms with Crippen molar-refractivity contribution in [1.82, 2.24) is 15.5 Å². The van der Waals surface area contributed by atoms with Crippen LogP contribution in [0.4, 0.5) is 4.79 Å². The molecule has 2 rings (SSSR count). The second-order valence-electron chi connectivity index (χ2n) is 5.15. The second kappa shape index (κ2) is 6.21. The highest BCUT2D eigenvalue weighted by molar-refractivity contribution is 5.80. The molecule has 0 aromatic rings. The molecular weight excluding hydrogens is 250 g/mol. The molecule has 7 heteroatoms. The fraction of sp³-hybridized carbons (Fsp3) is 0.833. The Morgan fingerprint density at radius 2 is 1.89 bits per heavy atom. The number of hydrogen-bond acceptors (Lipinski definition) is 4. The monoisotopic (exact) mass is 271 g/mol. The minimum atomic E-state index is -0.818. The summed E-state index contributed by atoms with van der Waals surface area (Å²) in [6.45, 7) is 4.84. The van der Waals surface area contributed by atoms with Crippen molar-refractivity contribution in [3.63, 3.8) is 0 Å². The molecule has 2 fully saturated rings. The highest BCUT2D eigenvalue weighted by Crippen LogP contribution is 2.45. The summed E-state index contributed by atoms with van der Waals surface area (Å²) in [5.74, 6) is -0.818. The molecule has 2 amide bonds. The van der Waals surface area contributed by atoms with Gasteiger partial charge in [-0.15, -0.1) is 0 Å². The predicted molar refractivity (Wildman–Crippen MR) is 68.0 cm³/mol. The number of amides is 2. The number of rotatable bonds is 6. The molecule has 1 aliphatic heterocycles. The predicted octanol–water partition coefficient (Wildman–Crippen LogP) is -0.517. The molecule has 0 unspecified atom stereocenters. The molecule has 1 saturated carbocycles. The average molecular weight is 271 g/mol. The van der Waals surface area contributed by atoms with Crippen LogP contribution in [0.5, 0.6) is 0 Å². The maximum atomic E-state index is 11.5. The van der Waals surface area contributed by atoms with Crippen LogP contribution >= 0.6 is 0 Å². The standard InChI is InChI=1S/C12H21N3O4/c16-10(17)12(1-2-12)9-14-11(18)13-3-4-15-5-7-19-8-6-15/h1-9H2,(H,16,17)(H2,13,14,18). The summed E-state index contributed by atoms with van der Waals surface area (Å²) >= 11 is 0. The SMILES string of the molecule is O=C(NCCN1CCOCC1)NCC1(C(=O)O)CC1. The highest BCUT2D eigenvalue weighted by Gasteiger charge is 2.50. The van der Waals surface area contributed by atoms with E-state index in [4.69, 9.17) is 9.84 Å². The van der Waals surface area contributed by atoms with Crippen LogP contribution in [0.25, 0.3) is 0 Å². The van der Waals surface area contributed by atoms with Crippen LogP contribution in [0.1, 0.15) is 12.8 Å². The Bertz CT molecular complexity index is 338. The summed E-state index contributed by atoms with van der Waals surface area (Å²) in [6, 6.07) is -0.291. The molecular formula is C12H21N3O4. The summed E-state index contributed by atoms with van der Waals surface area (Å²) in [4.78, 5) is 24.7. The number of hydrogen-bond donors (Lipinski definition) is 3. The highest BCUT2D eigenvalue weighted by atomic mass is 16.5. The van der Waals surface area contributed by atoms with E-state index in [2.05, 4.69) is 15.5 Å². The van der Waals surface area contributed by atoms with Crippen LogP contribution in [0.15, 0.2) is 0 Å². The van der Waals surface area contributed by atoms with Crippen molar-refractivity contribution in [2.45, 2.75) is 12.8 Å². The molecule has 1 aliphatic carbocycles. The molecule has 0 aromatic carbocycles. The molecule has 0 bridgehead atoms. The zero-order chi connectivity index (χ0) is 13.7. The third-order valence-electron chi connectivity index (χ3n) is 3.71. The molecule has 7 nitrogen and oxygen atoms in total. The molecule has 1 heterocycles. The van der Waals surface area contributed by atoms with Crippen molar-refractivity contribution in [1.29, 1.82) is 0 Å². The zero-order valence-corrected chi connectivity index (χ0v) is 11.0. The Labute approximate surface area is 112 Å². The van der Waals surface area contributed by atoms with Crippen LogP contribution < -0.4 is 10.6 Å². The summed E-state index contributed by atoms with van der Waals surface area (Å²) in [7, 11) is 0. The van der Waals surface area contributed by atoms with Crippen LogP contribution in [0, 0.1) is 5.41 Å². The van der Waals surface area contributed by atoms with Gasteiger partial charge in [-0.25, -0.2) is 4.79 Å². The number of nitrogens with one attached hydrogen (secondary N) is 2. The van der Waals surface area contributed by atoms with Crippen molar-refractivity contribution >= 4 is 12.0 Å². The Balaban J connectivity index is 1.56. The number of aliphatic carboxylic acids is 1. The number of urea groups is 1. The van der Waals surface area contributed by atoms with E-state index in [9.17, 15) is 9.59 Å². The lowest BCUT2D eigenvalue weighted by Gasteiger charge is -2.26. The minimum absolute atomic E-state index is 0.214. The normalized spacial score (nSPS) is 21.7. The van der Waals surface area contributed by atoms with Crippen LogP contribution in [0.3, 0.4) is 0 Å². The van der Waals surface area contributed by atoms with Gasteiger partial charge in [-0.3, -0.25) is 9.69 Å². The molecule has 19 heavy (non-hydrogen) atoms. The van der Waals surface area contributed by atoms with Gasteiger partial charge < -0.3 is 20.5 Å². The maximum Gasteiger partial charge on any atom is 0.314 e. The summed E-state index contributed by atoms with van der Waals surface area (Å²) < 4.78 is 5.24. The lowest BCUT2D eigenvalue weighted by molar-refractivity contribution is -0.143. The number of morpholine rings is 1. The van der Waals surface area contributed by atoms with Crippen LogP contribution in [-0.4, -0.2) is 67.9 Å². The first-order valence-electron chi connectivity index (χ1n) is 6.68. The summed E-state index contributed by atoms with van der Waals surface area (Å²) in [5.41, 5.74) is -0.707. The van der Waals surface area contributed by atoms with Gasteiger partial charge in [-0.05, 0) is 12.8 Å². The fourth-order valence-electron chi connectivity index (χ4n) is 2.08. The Hall–Kier alpha value is -1.34. The zero-order valence-electron chi connectivity index (χ0n) is 11.0. The van der Waals surface area contributed by atoms with Gasteiger partial charge in [0.05, 0.1) is 18.6 Å². The van der Waals surface area contributed by atoms with Crippen molar-refractivity contribution in [2.75, 3.05) is 45.9 Å². The van der Waals surface area contributed by atoms with Gasteiger partial charge in [0.1, 0.15) is 0 Å². The molecule has 0 radical (unpaired) electrons. The average Bonchev–Trinajstić information content (AvgIpc) is 3.19. The van der Waals surface area contributed by atoms with E-state index in [0.29, 0.717) is 19.4 Å². The van der Waals surface area contributed by atoms with E-state index >= 15 is 0 Å². The van der Waals surface area contributed by atoms with E-state index in [-0.39, 0.29) is 12.6 Å². The van der Waals surface area contributed by atoms with Crippen LogP contribution in [-0.2, 0) is 9.53 Å². The largest absolute Gasteiger partial charge is 0.481 e. The number of carbonyl (C=O) groups is 2. The number of nitrogens with zero attached hydrogens (tertiary/aromatic N) is 1. The van der Waals surface area contributed by atoms with Crippen molar-refractivity contribution in [3.8, 4) is 0 Å². The summed E-state index contributed by atoms with van der Waals surface area (Å²) in [6.07, 6.45) is 1.30. The smallest absolute Gasteiger partial charge is 0.314 e. The molecule has 3 N–H and O–H groups in total. The Morgan fingerprint density at radius 1 is 1.21 bits per heavy atom. The quantitative estimate of drug-likeness (QED) is 0.605. The fourth-order valence-corrected chi connectivity index (χ4v) is 2.08. The first-order valence-corrected chi connectivity index (χ1v) is 6.68. The van der Waals surface area contributed by atoms with E-state index in [0.717, 1.165) is 32.8 Å². The Morgan fingerprint density at radius 3 is 2.47 bits per heavy atom. The lowest BCUT2D eigenvalue weighted by Crippen LogP contribution is -2.45. The van der Waals surface area contributed by atoms with E-state index in [1.165, 1.54) is 0 Å². The Kier molecular flexibility index (Phi) is 4.60. The van der Waals surface area contributed by atoms with Crippen molar-refractivity contribution < 1.29 is 19.4 Å². The van der Waals surface area contributed by atoms with E-state index in [1.54, 1.807) is 0 Å². The molecule has 0 atom stereocenters. The van der Waals surface area contributed by atoms with Gasteiger partial charge in [0.15, 0.2) is 0 Å². The maximum absolute atomic E-state index is 11.5. The van der Waals surface area contributed by atoms with Gasteiger partial charge in [-0.2, -0.15) is 0 Å². The van der Waals surface area contributed by atoms with Gasteiger partial charge in [0.25, 0.3) is 0 Å². The topological polar surface area (TPSA) is 90.9 Å². The van der Waals surface area contributed by atoms with Gasteiger partial charge in [0.2, 0.25) is 0 Å². The second-order valence-corrected chi connectivity index (χ2v) is 5.15. The first kappa shape index (κ1) is 14.1. The number of ether oxygens (including phenoxy) is 1. The molecule has 1 saturated heterocycles. The lowest BCUT2D eigenvalue weighted by atomic mass is 10.1. The summed E-state index contributed by atoms with van der Waals surface area (Å²) in [5, 5.41) is 14.3. The number of carbonyl (C=O) groups excluding carboxylic acids is 1. The van der Waals surface area contributed by atoms with E-state index < -0.39 is 11.4 Å². The molecule has 0 aromatic heterocycles. The molecule has 2 aliphatic rings. The minimum Gasteiger partial charge on any atom is -0.481 e. The van der Waals surface area contributed by atoms with Gasteiger partial charge in [0, 0.05) is 32.7 Å².